The monoisotopic (exact) mass is 302 g/mol. The van der Waals surface area contributed by atoms with Crippen LogP contribution in [0.1, 0.15) is 17.8 Å². The summed E-state index contributed by atoms with van der Waals surface area (Å²) in [5.41, 5.74) is 2.32. The minimum absolute atomic E-state index is 0.489. The summed E-state index contributed by atoms with van der Waals surface area (Å²) in [5, 5.41) is 7.81. The molecule has 0 fully saturated rings. The summed E-state index contributed by atoms with van der Waals surface area (Å²) in [5.74, 6) is 0. The lowest BCUT2D eigenvalue weighted by Gasteiger charge is -2.19. The Balaban J connectivity index is 2.67. The fourth-order valence-corrected chi connectivity index (χ4v) is 2.40. The highest BCUT2D eigenvalue weighted by Gasteiger charge is 2.15. The van der Waals surface area contributed by atoms with Gasteiger partial charge in [-0.05, 0) is 57.0 Å². The van der Waals surface area contributed by atoms with Gasteiger partial charge in [0.25, 0.3) is 0 Å². The molecule has 4 nitrogen and oxygen atoms in total. The smallest absolute Gasteiger partial charge is 0.0738 e. The van der Waals surface area contributed by atoms with Crippen molar-refractivity contribution in [3.63, 3.8) is 0 Å². The van der Waals surface area contributed by atoms with E-state index >= 15 is 0 Å². The van der Waals surface area contributed by atoms with Gasteiger partial charge in [0.15, 0.2) is 0 Å². The predicted octanol–water partition coefficient (Wildman–Crippen LogP) is 1.57. The van der Waals surface area contributed by atoms with E-state index in [0.717, 1.165) is 29.6 Å². The Kier molecular flexibility index (Phi) is 5.62. The quantitative estimate of drug-likeness (QED) is 0.866. The molecule has 1 aromatic heterocycles. The largest absolute Gasteiger partial charge is 0.317 e. The Morgan fingerprint density at radius 1 is 1.47 bits per heavy atom. The number of aromatic nitrogens is 2. The lowest BCUT2D eigenvalue weighted by molar-refractivity contribution is 0.362. The number of halogens is 1. The van der Waals surface area contributed by atoms with Gasteiger partial charge in [-0.1, -0.05) is 0 Å². The van der Waals surface area contributed by atoms with Crippen molar-refractivity contribution >= 4 is 15.9 Å². The van der Waals surface area contributed by atoms with Crippen LogP contribution in [0, 0.1) is 6.92 Å². The maximum Gasteiger partial charge on any atom is 0.0738 e. The van der Waals surface area contributed by atoms with Crippen LogP contribution in [0.3, 0.4) is 0 Å². The Morgan fingerprint density at radius 3 is 2.53 bits per heavy atom. The molecule has 1 heterocycles. The maximum absolute atomic E-state index is 4.42. The van der Waals surface area contributed by atoms with Crippen molar-refractivity contribution in [3.05, 3.63) is 15.9 Å². The summed E-state index contributed by atoms with van der Waals surface area (Å²) in [7, 11) is 8.25. The molecule has 0 saturated heterocycles. The van der Waals surface area contributed by atoms with Crippen LogP contribution in [0.2, 0.25) is 0 Å². The second kappa shape index (κ2) is 6.52. The van der Waals surface area contributed by atoms with Crippen molar-refractivity contribution in [1.82, 2.24) is 20.0 Å². The van der Waals surface area contributed by atoms with E-state index in [9.17, 15) is 0 Å². The van der Waals surface area contributed by atoms with E-state index in [4.69, 9.17) is 0 Å². The highest BCUT2D eigenvalue weighted by Crippen LogP contribution is 2.21. The number of likely N-dealkylation sites (N-methyl/N-ethyl adjacent to an activating group) is 1. The first-order chi connectivity index (χ1) is 7.95. The summed E-state index contributed by atoms with van der Waals surface area (Å²) in [6.07, 6.45) is 2.14. The van der Waals surface area contributed by atoms with E-state index < -0.39 is 0 Å². The third-order valence-corrected chi connectivity index (χ3v) is 4.07. The van der Waals surface area contributed by atoms with Crippen molar-refractivity contribution in [1.29, 1.82) is 0 Å². The molecule has 0 bridgehead atoms. The molecule has 17 heavy (non-hydrogen) atoms. The second-order valence-electron chi connectivity index (χ2n) is 4.75. The van der Waals surface area contributed by atoms with Gasteiger partial charge in [-0.2, -0.15) is 5.10 Å². The summed E-state index contributed by atoms with van der Waals surface area (Å²) < 4.78 is 3.12. The molecule has 1 unspecified atom stereocenters. The van der Waals surface area contributed by atoms with Gasteiger partial charge >= 0.3 is 0 Å². The molecule has 0 aliphatic rings. The van der Waals surface area contributed by atoms with Crippen LogP contribution in [0.25, 0.3) is 0 Å². The molecular weight excluding hydrogens is 280 g/mol. The van der Waals surface area contributed by atoms with Crippen LogP contribution in [0.4, 0.5) is 0 Å². The molecular formula is C12H23BrN4. The second-order valence-corrected chi connectivity index (χ2v) is 5.54. The van der Waals surface area contributed by atoms with E-state index in [1.807, 2.05) is 25.7 Å². The Labute approximate surface area is 113 Å². The number of nitrogens with one attached hydrogen (secondary N) is 1. The van der Waals surface area contributed by atoms with E-state index in [-0.39, 0.29) is 0 Å². The summed E-state index contributed by atoms with van der Waals surface area (Å²) >= 11 is 3.62. The van der Waals surface area contributed by atoms with Gasteiger partial charge < -0.3 is 10.2 Å². The lowest BCUT2D eigenvalue weighted by atomic mass is 10.1. The zero-order valence-corrected chi connectivity index (χ0v) is 13.0. The van der Waals surface area contributed by atoms with E-state index in [0.29, 0.717) is 6.04 Å². The number of hydrogen-bond donors (Lipinski definition) is 1. The van der Waals surface area contributed by atoms with Gasteiger partial charge in [-0.25, -0.2) is 0 Å². The molecule has 1 N–H and O–H groups in total. The first kappa shape index (κ1) is 14.7. The molecule has 98 valence electrons. The fraction of sp³-hybridized carbons (Fsp3) is 0.750. The molecule has 0 saturated carbocycles. The average molecular weight is 303 g/mol. The summed E-state index contributed by atoms with van der Waals surface area (Å²) in [4.78, 5) is 2.22. The first-order valence-electron chi connectivity index (χ1n) is 5.95. The predicted molar refractivity (Wildman–Crippen MR) is 75.4 cm³/mol. The molecule has 1 atom stereocenters. The minimum Gasteiger partial charge on any atom is -0.317 e. The molecule has 0 radical (unpaired) electrons. The van der Waals surface area contributed by atoms with Crippen LogP contribution in [-0.2, 0) is 13.5 Å². The Morgan fingerprint density at radius 2 is 2.12 bits per heavy atom. The fourth-order valence-electron chi connectivity index (χ4n) is 1.90. The first-order valence-corrected chi connectivity index (χ1v) is 6.75. The summed E-state index contributed by atoms with van der Waals surface area (Å²) in [6.45, 7) is 3.13. The minimum atomic E-state index is 0.489. The Bertz CT molecular complexity index is 360. The third-order valence-electron chi connectivity index (χ3n) is 3.03. The molecule has 5 heteroatoms. The van der Waals surface area contributed by atoms with Gasteiger partial charge in [-0.3, -0.25) is 4.68 Å². The van der Waals surface area contributed by atoms with Crippen LogP contribution in [0.15, 0.2) is 4.47 Å². The lowest BCUT2D eigenvalue weighted by Crippen LogP contribution is -2.32. The van der Waals surface area contributed by atoms with Gasteiger partial charge in [0.05, 0.1) is 15.9 Å². The zero-order valence-electron chi connectivity index (χ0n) is 11.4. The molecule has 0 aliphatic carbocycles. The standard InChI is InChI=1S/C12H23BrN4/c1-9-12(13)11(17(5)15-9)8-10(14-2)6-7-16(3)4/h10,14H,6-8H2,1-5H3. The molecule has 0 aliphatic heterocycles. The molecule has 0 spiro atoms. The summed E-state index contributed by atoms with van der Waals surface area (Å²) in [6, 6.07) is 0.489. The van der Waals surface area contributed by atoms with Gasteiger partial charge in [0, 0.05) is 19.5 Å². The zero-order chi connectivity index (χ0) is 13.0. The number of nitrogens with zero attached hydrogens (tertiary/aromatic N) is 3. The van der Waals surface area contributed by atoms with Crippen molar-refractivity contribution in [2.75, 3.05) is 27.7 Å². The molecule has 0 aromatic carbocycles. The SMILES string of the molecule is CNC(CCN(C)C)Cc1c(Br)c(C)nn1C. The topological polar surface area (TPSA) is 33.1 Å². The molecule has 1 aromatic rings. The number of aryl methyl sites for hydroxylation is 2. The van der Waals surface area contributed by atoms with Crippen LogP contribution in [-0.4, -0.2) is 48.4 Å². The highest BCUT2D eigenvalue weighted by atomic mass is 79.9. The maximum atomic E-state index is 4.42. The number of rotatable bonds is 6. The van der Waals surface area contributed by atoms with Crippen molar-refractivity contribution in [3.8, 4) is 0 Å². The van der Waals surface area contributed by atoms with E-state index in [1.165, 1.54) is 5.69 Å². The van der Waals surface area contributed by atoms with Gasteiger partial charge in [0.1, 0.15) is 0 Å². The average Bonchev–Trinajstić information content (AvgIpc) is 2.49. The number of hydrogen-bond acceptors (Lipinski definition) is 3. The van der Waals surface area contributed by atoms with Crippen LogP contribution < -0.4 is 5.32 Å². The van der Waals surface area contributed by atoms with Crippen molar-refractivity contribution in [2.24, 2.45) is 7.05 Å². The van der Waals surface area contributed by atoms with Crippen molar-refractivity contribution in [2.45, 2.75) is 25.8 Å². The van der Waals surface area contributed by atoms with Gasteiger partial charge in [-0.15, -0.1) is 0 Å². The van der Waals surface area contributed by atoms with Crippen molar-refractivity contribution < 1.29 is 0 Å². The third kappa shape index (κ3) is 4.08. The van der Waals surface area contributed by atoms with Crippen LogP contribution >= 0.6 is 15.9 Å². The van der Waals surface area contributed by atoms with E-state index in [1.54, 1.807) is 0 Å². The van der Waals surface area contributed by atoms with Gasteiger partial charge in [0.2, 0.25) is 0 Å². The molecule has 0 amide bonds. The molecule has 1 rings (SSSR count). The van der Waals surface area contributed by atoms with Crippen LogP contribution in [0.5, 0.6) is 0 Å². The normalized spacial score (nSPS) is 13.4. The van der Waals surface area contributed by atoms with E-state index in [2.05, 4.69) is 45.3 Å². The highest BCUT2D eigenvalue weighted by molar-refractivity contribution is 9.10. The Hall–Kier alpha value is -0.390.